The van der Waals surface area contributed by atoms with Crippen molar-refractivity contribution in [2.75, 3.05) is 19.6 Å². The topological polar surface area (TPSA) is 73.5 Å². The lowest BCUT2D eigenvalue weighted by Crippen LogP contribution is -2.39. The zero-order valence-corrected chi connectivity index (χ0v) is 7.89. The van der Waals surface area contributed by atoms with Crippen LogP contribution in [0.4, 0.5) is 0 Å². The van der Waals surface area contributed by atoms with Gasteiger partial charge in [-0.2, -0.15) is 0 Å². The number of carbonyl (C=O) groups is 2. The number of ketones is 1. The SMILES string of the molecule is CC(=O)C1=C2NCCN2CC(=O)NN1. The molecule has 0 unspecified atom stereocenters. The largest absolute Gasteiger partial charge is 0.368 e. The summed E-state index contributed by atoms with van der Waals surface area (Å²) in [6, 6.07) is 0. The maximum absolute atomic E-state index is 11.3. The second-order valence-electron chi connectivity index (χ2n) is 3.30. The lowest BCUT2D eigenvalue weighted by Gasteiger charge is -2.15. The molecular formula is C8H12N4O2. The number of nitrogens with one attached hydrogen (secondary N) is 3. The molecule has 14 heavy (non-hydrogen) atoms. The molecule has 2 aliphatic rings. The molecule has 3 N–H and O–H groups in total. The number of hydrogen-bond acceptors (Lipinski definition) is 5. The van der Waals surface area contributed by atoms with Crippen molar-refractivity contribution in [1.29, 1.82) is 0 Å². The monoisotopic (exact) mass is 196 g/mol. The fourth-order valence-corrected chi connectivity index (χ4v) is 1.60. The van der Waals surface area contributed by atoms with Gasteiger partial charge in [0.15, 0.2) is 5.78 Å². The first-order valence-corrected chi connectivity index (χ1v) is 4.47. The summed E-state index contributed by atoms with van der Waals surface area (Å²) in [6.45, 7) is 3.26. The Bertz CT molecular complexity index is 323. The highest BCUT2D eigenvalue weighted by Crippen LogP contribution is 2.12. The molecule has 0 atom stereocenters. The first-order chi connectivity index (χ1) is 6.68. The first-order valence-electron chi connectivity index (χ1n) is 4.47. The zero-order valence-electron chi connectivity index (χ0n) is 7.89. The third kappa shape index (κ3) is 1.39. The summed E-state index contributed by atoms with van der Waals surface area (Å²) in [5.74, 6) is 0.486. The van der Waals surface area contributed by atoms with E-state index in [1.54, 1.807) is 0 Å². The van der Waals surface area contributed by atoms with Gasteiger partial charge >= 0.3 is 0 Å². The predicted octanol–water partition coefficient (Wildman–Crippen LogP) is -1.72. The number of amides is 1. The van der Waals surface area contributed by atoms with E-state index in [-0.39, 0.29) is 18.2 Å². The van der Waals surface area contributed by atoms with E-state index < -0.39 is 0 Å². The first kappa shape index (κ1) is 8.86. The molecule has 0 bridgehead atoms. The molecule has 0 saturated carbocycles. The lowest BCUT2D eigenvalue weighted by atomic mass is 10.3. The van der Waals surface area contributed by atoms with Crippen LogP contribution in [-0.4, -0.2) is 36.2 Å². The molecule has 0 aromatic heterocycles. The summed E-state index contributed by atoms with van der Waals surface area (Å²) in [6.07, 6.45) is 0. The lowest BCUT2D eigenvalue weighted by molar-refractivity contribution is -0.122. The number of allylic oxidation sites excluding steroid dienone is 1. The van der Waals surface area contributed by atoms with Gasteiger partial charge in [0.2, 0.25) is 0 Å². The molecule has 0 spiro atoms. The van der Waals surface area contributed by atoms with Crippen molar-refractivity contribution in [3.8, 4) is 0 Å². The van der Waals surface area contributed by atoms with E-state index in [1.807, 2.05) is 4.90 Å². The number of hydrogen-bond donors (Lipinski definition) is 3. The van der Waals surface area contributed by atoms with Gasteiger partial charge in [-0.15, -0.1) is 0 Å². The highest BCUT2D eigenvalue weighted by molar-refractivity contribution is 5.94. The normalized spacial score (nSPS) is 20.6. The van der Waals surface area contributed by atoms with Gasteiger partial charge in [-0.25, -0.2) is 0 Å². The molecule has 1 saturated heterocycles. The summed E-state index contributed by atoms with van der Waals surface area (Å²) >= 11 is 0. The Balaban J connectivity index is 2.34. The minimum absolute atomic E-state index is 0.0957. The van der Waals surface area contributed by atoms with E-state index in [2.05, 4.69) is 16.2 Å². The third-order valence-corrected chi connectivity index (χ3v) is 2.24. The van der Waals surface area contributed by atoms with Gasteiger partial charge in [0.25, 0.3) is 5.91 Å². The van der Waals surface area contributed by atoms with E-state index in [4.69, 9.17) is 0 Å². The van der Waals surface area contributed by atoms with Crippen molar-refractivity contribution >= 4 is 11.7 Å². The molecule has 6 heteroatoms. The second-order valence-corrected chi connectivity index (χ2v) is 3.30. The van der Waals surface area contributed by atoms with Crippen LogP contribution in [0.5, 0.6) is 0 Å². The fraction of sp³-hybridized carbons (Fsp3) is 0.500. The number of carbonyl (C=O) groups excluding carboxylic acids is 2. The van der Waals surface area contributed by atoms with E-state index in [0.29, 0.717) is 5.70 Å². The Hall–Kier alpha value is -1.72. The minimum Gasteiger partial charge on any atom is -0.368 e. The highest BCUT2D eigenvalue weighted by atomic mass is 16.2. The van der Waals surface area contributed by atoms with Crippen LogP contribution in [-0.2, 0) is 9.59 Å². The smallest absolute Gasteiger partial charge is 0.257 e. The molecule has 1 fully saturated rings. The van der Waals surface area contributed by atoms with Crippen LogP contribution in [0.1, 0.15) is 6.92 Å². The van der Waals surface area contributed by atoms with Gasteiger partial charge in [0.05, 0.1) is 0 Å². The Kier molecular flexibility index (Phi) is 2.03. The minimum atomic E-state index is -0.137. The highest BCUT2D eigenvalue weighted by Gasteiger charge is 2.27. The van der Waals surface area contributed by atoms with Gasteiger partial charge in [0.1, 0.15) is 18.1 Å². The van der Waals surface area contributed by atoms with Crippen LogP contribution >= 0.6 is 0 Å². The molecule has 2 aliphatic heterocycles. The molecule has 2 heterocycles. The van der Waals surface area contributed by atoms with Gasteiger partial charge in [-0.3, -0.25) is 20.4 Å². The van der Waals surface area contributed by atoms with Crippen molar-refractivity contribution in [2.45, 2.75) is 6.92 Å². The van der Waals surface area contributed by atoms with Crippen molar-refractivity contribution in [3.63, 3.8) is 0 Å². The van der Waals surface area contributed by atoms with E-state index in [9.17, 15) is 9.59 Å². The Morgan fingerprint density at radius 1 is 1.43 bits per heavy atom. The molecule has 2 rings (SSSR count). The van der Waals surface area contributed by atoms with Gasteiger partial charge in [-0.05, 0) is 0 Å². The predicted molar refractivity (Wildman–Crippen MR) is 48.6 cm³/mol. The average Bonchev–Trinajstić information content (AvgIpc) is 2.47. The number of Topliss-reactive ketones (excluding diaryl/α,β-unsaturated/α-hetero) is 1. The van der Waals surface area contributed by atoms with Crippen LogP contribution in [0.15, 0.2) is 11.5 Å². The number of nitrogens with zero attached hydrogens (tertiary/aromatic N) is 1. The zero-order chi connectivity index (χ0) is 10.1. The molecule has 1 amide bonds. The molecule has 0 aromatic rings. The van der Waals surface area contributed by atoms with Gasteiger partial charge in [0, 0.05) is 20.0 Å². The maximum Gasteiger partial charge on any atom is 0.257 e. The van der Waals surface area contributed by atoms with Crippen LogP contribution in [0.25, 0.3) is 0 Å². The molecule has 0 aromatic carbocycles. The van der Waals surface area contributed by atoms with Gasteiger partial charge in [-0.1, -0.05) is 0 Å². The summed E-state index contributed by atoms with van der Waals surface area (Å²) in [7, 11) is 0. The molecular weight excluding hydrogens is 184 g/mol. The summed E-state index contributed by atoms with van der Waals surface area (Å²) in [5, 5.41) is 3.08. The number of rotatable bonds is 1. The molecule has 6 nitrogen and oxygen atoms in total. The average molecular weight is 196 g/mol. The van der Waals surface area contributed by atoms with Crippen LogP contribution in [0, 0.1) is 0 Å². The maximum atomic E-state index is 11.3. The summed E-state index contributed by atoms with van der Waals surface area (Å²) in [4.78, 5) is 24.3. The second kappa shape index (κ2) is 3.21. The Labute approximate surface area is 81.3 Å². The van der Waals surface area contributed by atoms with Crippen molar-refractivity contribution in [1.82, 2.24) is 21.1 Å². The standard InChI is InChI=1S/C8H12N4O2/c1-5(13)7-8-9-2-3-12(8)4-6(14)10-11-7/h9,11H,2-4H2,1H3,(H,10,14). The fourth-order valence-electron chi connectivity index (χ4n) is 1.60. The molecule has 0 aliphatic carbocycles. The molecule has 0 radical (unpaired) electrons. The van der Waals surface area contributed by atoms with Crippen LogP contribution in [0.2, 0.25) is 0 Å². The summed E-state index contributed by atoms with van der Waals surface area (Å²) in [5.41, 5.74) is 5.51. The van der Waals surface area contributed by atoms with E-state index in [0.717, 1.165) is 18.9 Å². The van der Waals surface area contributed by atoms with Crippen molar-refractivity contribution in [3.05, 3.63) is 11.5 Å². The third-order valence-electron chi connectivity index (χ3n) is 2.24. The quantitative estimate of drug-likeness (QED) is 0.465. The van der Waals surface area contributed by atoms with Crippen LogP contribution < -0.4 is 16.2 Å². The van der Waals surface area contributed by atoms with Gasteiger partial charge < -0.3 is 10.2 Å². The van der Waals surface area contributed by atoms with Crippen molar-refractivity contribution in [2.24, 2.45) is 0 Å². The Morgan fingerprint density at radius 3 is 2.93 bits per heavy atom. The summed E-state index contributed by atoms with van der Waals surface area (Å²) < 4.78 is 0. The van der Waals surface area contributed by atoms with E-state index >= 15 is 0 Å². The Morgan fingerprint density at radius 2 is 2.21 bits per heavy atom. The number of fused-ring (bicyclic) bond motifs is 1. The number of hydrazine groups is 1. The van der Waals surface area contributed by atoms with Crippen molar-refractivity contribution < 1.29 is 9.59 Å². The van der Waals surface area contributed by atoms with Crippen LogP contribution in [0.3, 0.4) is 0 Å². The molecule has 76 valence electrons. The van der Waals surface area contributed by atoms with E-state index in [1.165, 1.54) is 6.92 Å².